The van der Waals surface area contributed by atoms with Crippen molar-refractivity contribution in [2.24, 2.45) is 0 Å². The molecule has 3 N–H and O–H groups in total. The van der Waals surface area contributed by atoms with Gasteiger partial charge in [-0.25, -0.2) is 13.8 Å². The van der Waals surface area contributed by atoms with Crippen molar-refractivity contribution >= 4 is 11.6 Å². The molecule has 1 saturated carbocycles. The second-order valence-electron chi connectivity index (χ2n) is 5.01. The van der Waals surface area contributed by atoms with E-state index in [0.717, 1.165) is 18.9 Å². The van der Waals surface area contributed by atoms with Gasteiger partial charge in [0.2, 0.25) is 0 Å². The predicted molar refractivity (Wildman–Crippen MR) is 70.2 cm³/mol. The first-order valence-electron chi connectivity index (χ1n) is 6.60. The van der Waals surface area contributed by atoms with Crippen molar-refractivity contribution in [3.63, 3.8) is 0 Å². The van der Waals surface area contributed by atoms with E-state index in [2.05, 4.69) is 15.6 Å². The van der Waals surface area contributed by atoms with Crippen LogP contribution >= 0.6 is 0 Å². The minimum Gasteiger partial charge on any atom is -0.388 e. The minimum atomic E-state index is -0.778. The van der Waals surface area contributed by atoms with Gasteiger partial charge in [0, 0.05) is 19.2 Å². The Morgan fingerprint density at radius 3 is 2.42 bits per heavy atom. The van der Waals surface area contributed by atoms with Crippen LogP contribution in [0.3, 0.4) is 0 Å². The fourth-order valence-corrected chi connectivity index (χ4v) is 1.97. The lowest BCUT2D eigenvalue weighted by Gasteiger charge is -2.36. The molecule has 1 aromatic heterocycles. The van der Waals surface area contributed by atoms with Gasteiger partial charge in [0.1, 0.15) is 0 Å². The van der Waals surface area contributed by atoms with Crippen molar-refractivity contribution in [1.29, 1.82) is 0 Å². The van der Waals surface area contributed by atoms with Crippen molar-refractivity contribution in [3.8, 4) is 0 Å². The normalized spacial score (nSPS) is 16.8. The number of aromatic nitrogens is 1. The molecule has 0 bridgehead atoms. The van der Waals surface area contributed by atoms with E-state index >= 15 is 0 Å². The number of aliphatic hydroxyl groups is 1. The van der Waals surface area contributed by atoms with Gasteiger partial charge in [-0.3, -0.25) is 0 Å². The molecule has 0 aromatic carbocycles. The lowest BCUT2D eigenvalue weighted by atomic mass is 9.80. The summed E-state index contributed by atoms with van der Waals surface area (Å²) in [6.45, 7) is 2.74. The van der Waals surface area contributed by atoms with Gasteiger partial charge < -0.3 is 15.7 Å². The average Bonchev–Trinajstić information content (AvgIpc) is 2.34. The molecule has 0 amide bonds. The molecular weight excluding hydrogens is 252 g/mol. The average molecular weight is 271 g/mol. The van der Waals surface area contributed by atoms with E-state index in [1.165, 1.54) is 0 Å². The molecule has 1 aliphatic carbocycles. The molecule has 1 fully saturated rings. The number of hydrogen-bond acceptors (Lipinski definition) is 4. The van der Waals surface area contributed by atoms with Gasteiger partial charge in [0.05, 0.1) is 5.60 Å². The second kappa shape index (κ2) is 5.69. The third-order valence-corrected chi connectivity index (χ3v) is 3.34. The highest BCUT2D eigenvalue weighted by Crippen LogP contribution is 2.31. The number of halogens is 2. The maximum atomic E-state index is 13.6. The Labute approximate surface area is 111 Å². The number of nitrogens with one attached hydrogen (secondary N) is 2. The largest absolute Gasteiger partial charge is 0.388 e. The van der Waals surface area contributed by atoms with E-state index < -0.39 is 17.2 Å². The molecule has 4 nitrogen and oxygen atoms in total. The summed E-state index contributed by atoms with van der Waals surface area (Å²) in [6.07, 6.45) is 3.19. The molecule has 1 aromatic rings. The van der Waals surface area contributed by atoms with E-state index in [0.29, 0.717) is 19.4 Å². The fourth-order valence-electron chi connectivity index (χ4n) is 1.97. The van der Waals surface area contributed by atoms with Crippen LogP contribution in [0.15, 0.2) is 6.07 Å². The van der Waals surface area contributed by atoms with Crippen LogP contribution in [-0.2, 0) is 0 Å². The van der Waals surface area contributed by atoms with Crippen LogP contribution in [0.2, 0.25) is 0 Å². The van der Waals surface area contributed by atoms with Crippen molar-refractivity contribution in [3.05, 3.63) is 17.7 Å². The third kappa shape index (κ3) is 3.32. The summed E-state index contributed by atoms with van der Waals surface area (Å²) in [5.74, 6) is -1.45. The Kier molecular flexibility index (Phi) is 4.19. The molecule has 0 saturated heterocycles. The summed E-state index contributed by atoms with van der Waals surface area (Å²) in [4.78, 5) is 3.89. The Bertz CT molecular complexity index is 450. The molecule has 0 spiro atoms. The summed E-state index contributed by atoms with van der Waals surface area (Å²) in [5, 5.41) is 15.5. The van der Waals surface area contributed by atoms with Gasteiger partial charge in [0.15, 0.2) is 23.3 Å². The highest BCUT2D eigenvalue weighted by Gasteiger charge is 2.34. The zero-order valence-corrected chi connectivity index (χ0v) is 11.0. The zero-order chi connectivity index (χ0) is 13.9. The molecule has 0 unspecified atom stereocenters. The maximum absolute atomic E-state index is 13.6. The standard InChI is InChI=1S/C13H19F2N3O/c1-2-6-16-11-9(14)7-10(15)12(18-11)17-8-13(19)4-3-5-13/h7,19H,2-6,8H2,1H3,(H2,16,17,18). The predicted octanol–water partition coefficient (Wildman–Crippen LogP) is 2.51. The Morgan fingerprint density at radius 1 is 1.26 bits per heavy atom. The summed E-state index contributed by atoms with van der Waals surface area (Å²) in [7, 11) is 0. The molecule has 6 heteroatoms. The van der Waals surface area contributed by atoms with Crippen LogP contribution in [0.25, 0.3) is 0 Å². The van der Waals surface area contributed by atoms with Crippen molar-refractivity contribution in [2.45, 2.75) is 38.2 Å². The lowest BCUT2D eigenvalue weighted by Crippen LogP contribution is -2.43. The van der Waals surface area contributed by atoms with Crippen LogP contribution in [-0.4, -0.2) is 28.8 Å². The van der Waals surface area contributed by atoms with Crippen LogP contribution in [0.4, 0.5) is 20.4 Å². The number of hydrogen-bond donors (Lipinski definition) is 3. The quantitative estimate of drug-likeness (QED) is 0.744. The van der Waals surface area contributed by atoms with Crippen LogP contribution < -0.4 is 10.6 Å². The number of anilines is 2. The molecule has 19 heavy (non-hydrogen) atoms. The van der Waals surface area contributed by atoms with Gasteiger partial charge in [-0.15, -0.1) is 0 Å². The number of nitrogens with zero attached hydrogens (tertiary/aromatic N) is 1. The summed E-state index contributed by atoms with van der Waals surface area (Å²) >= 11 is 0. The SMILES string of the molecule is CCCNc1nc(NCC2(O)CCC2)c(F)cc1F. The first-order valence-corrected chi connectivity index (χ1v) is 6.60. The topological polar surface area (TPSA) is 57.2 Å². The van der Waals surface area contributed by atoms with Gasteiger partial charge >= 0.3 is 0 Å². The monoisotopic (exact) mass is 271 g/mol. The molecule has 0 radical (unpaired) electrons. The maximum Gasteiger partial charge on any atom is 0.168 e. The lowest BCUT2D eigenvalue weighted by molar-refractivity contribution is -0.0203. The summed E-state index contributed by atoms with van der Waals surface area (Å²) < 4.78 is 27.0. The van der Waals surface area contributed by atoms with Gasteiger partial charge in [-0.2, -0.15) is 0 Å². The molecule has 1 aliphatic rings. The van der Waals surface area contributed by atoms with E-state index in [1.54, 1.807) is 0 Å². The zero-order valence-electron chi connectivity index (χ0n) is 11.0. The van der Waals surface area contributed by atoms with Gasteiger partial charge in [-0.05, 0) is 25.7 Å². The fraction of sp³-hybridized carbons (Fsp3) is 0.615. The molecule has 2 rings (SSSR count). The van der Waals surface area contributed by atoms with Crippen LogP contribution in [0, 0.1) is 11.6 Å². The summed E-state index contributed by atoms with van der Waals surface area (Å²) in [5.41, 5.74) is -0.778. The molecule has 106 valence electrons. The molecule has 0 aliphatic heterocycles. The van der Waals surface area contributed by atoms with E-state index in [-0.39, 0.29) is 18.2 Å². The van der Waals surface area contributed by atoms with Crippen molar-refractivity contribution in [1.82, 2.24) is 4.98 Å². The van der Waals surface area contributed by atoms with E-state index in [1.807, 2.05) is 6.92 Å². The first-order chi connectivity index (χ1) is 9.04. The molecule has 0 atom stereocenters. The summed E-state index contributed by atoms with van der Waals surface area (Å²) in [6, 6.07) is 0.804. The van der Waals surface area contributed by atoms with Crippen LogP contribution in [0.1, 0.15) is 32.6 Å². The van der Waals surface area contributed by atoms with Gasteiger partial charge in [-0.1, -0.05) is 6.92 Å². The van der Waals surface area contributed by atoms with Crippen LogP contribution in [0.5, 0.6) is 0 Å². The minimum absolute atomic E-state index is 0.0275. The Hall–Kier alpha value is -1.43. The Morgan fingerprint density at radius 2 is 1.89 bits per heavy atom. The second-order valence-corrected chi connectivity index (χ2v) is 5.01. The van der Waals surface area contributed by atoms with E-state index in [4.69, 9.17) is 0 Å². The smallest absolute Gasteiger partial charge is 0.168 e. The first kappa shape index (κ1) is 14.0. The van der Waals surface area contributed by atoms with Crippen molar-refractivity contribution in [2.75, 3.05) is 23.7 Å². The number of rotatable bonds is 6. The van der Waals surface area contributed by atoms with Gasteiger partial charge in [0.25, 0.3) is 0 Å². The number of pyridine rings is 1. The highest BCUT2D eigenvalue weighted by atomic mass is 19.1. The Balaban J connectivity index is 2.05. The molecular formula is C13H19F2N3O. The molecule has 1 heterocycles. The third-order valence-electron chi connectivity index (χ3n) is 3.34. The highest BCUT2D eigenvalue weighted by molar-refractivity contribution is 5.47. The van der Waals surface area contributed by atoms with Crippen molar-refractivity contribution < 1.29 is 13.9 Å². The van der Waals surface area contributed by atoms with E-state index in [9.17, 15) is 13.9 Å².